The average Bonchev–Trinajstić information content (AvgIpc) is 3.22. The summed E-state index contributed by atoms with van der Waals surface area (Å²) in [6, 6.07) is 9.58. The normalized spacial score (nSPS) is 13.4. The van der Waals surface area contributed by atoms with Gasteiger partial charge >= 0.3 is 5.92 Å². The fourth-order valence-electron chi connectivity index (χ4n) is 4.11. The second-order valence-corrected chi connectivity index (χ2v) is 9.75. The van der Waals surface area contributed by atoms with Gasteiger partial charge in [-0.05, 0) is 43.7 Å². The van der Waals surface area contributed by atoms with Crippen molar-refractivity contribution in [3.8, 4) is 17.1 Å². The largest absolute Gasteiger partial charge is 0.487 e. The third-order valence-electron chi connectivity index (χ3n) is 5.91. The molecule has 1 N–H and O–H groups in total. The van der Waals surface area contributed by atoms with Crippen LogP contribution in [0.15, 0.2) is 42.7 Å². The van der Waals surface area contributed by atoms with E-state index in [-0.39, 0.29) is 17.2 Å². The lowest BCUT2D eigenvalue weighted by Gasteiger charge is -2.31. The van der Waals surface area contributed by atoms with Crippen LogP contribution in [0.3, 0.4) is 0 Å². The number of aromatic nitrogens is 4. The Balaban J connectivity index is 1.74. The molecular weight excluding hydrogens is 506 g/mol. The van der Waals surface area contributed by atoms with E-state index >= 15 is 0 Å². The van der Waals surface area contributed by atoms with E-state index in [2.05, 4.69) is 20.4 Å². The molecule has 0 aliphatic carbocycles. The van der Waals surface area contributed by atoms with E-state index in [1.54, 1.807) is 23.9 Å². The molecule has 2 aromatic heterocycles. The van der Waals surface area contributed by atoms with Crippen molar-refractivity contribution in [1.29, 1.82) is 0 Å². The van der Waals surface area contributed by atoms with Gasteiger partial charge in [0.05, 0.1) is 5.02 Å². The van der Waals surface area contributed by atoms with Gasteiger partial charge in [0.15, 0.2) is 5.82 Å². The first-order valence-corrected chi connectivity index (χ1v) is 11.7. The van der Waals surface area contributed by atoms with Crippen molar-refractivity contribution in [2.24, 2.45) is 7.05 Å². The summed E-state index contributed by atoms with van der Waals surface area (Å²) in [5.41, 5.74) is 1.28. The Hall–Kier alpha value is -3.60. The van der Waals surface area contributed by atoms with Crippen LogP contribution in [0.2, 0.25) is 5.02 Å². The van der Waals surface area contributed by atoms with Crippen LogP contribution in [-0.4, -0.2) is 39.4 Å². The third kappa shape index (κ3) is 5.41. The summed E-state index contributed by atoms with van der Waals surface area (Å²) in [6.07, 6.45) is 1.46. The Morgan fingerprint density at radius 3 is 2.62 bits per heavy atom. The first-order valence-electron chi connectivity index (χ1n) is 11.3. The number of nitrogens with zero attached hydrogens (tertiary/aromatic N) is 4. The highest BCUT2D eigenvalue weighted by atomic mass is 35.5. The number of nitrogens with one attached hydrogen (secondary N) is 1. The molecule has 37 heavy (non-hydrogen) atoms. The number of para-hydroxylation sites is 1. The van der Waals surface area contributed by atoms with Crippen molar-refractivity contribution in [2.75, 3.05) is 0 Å². The van der Waals surface area contributed by atoms with Crippen LogP contribution in [-0.2, 0) is 23.9 Å². The zero-order valence-electron chi connectivity index (χ0n) is 20.9. The fraction of sp³-hybridized carbons (Fsp3) is 0.280. The van der Waals surface area contributed by atoms with Crippen molar-refractivity contribution in [3.63, 3.8) is 0 Å². The molecule has 0 fully saturated rings. The predicted octanol–water partition coefficient (Wildman–Crippen LogP) is 4.29. The molecule has 1 atom stereocenters. The summed E-state index contributed by atoms with van der Waals surface area (Å²) >= 11 is 6.37. The molecule has 0 unspecified atom stereocenters. The van der Waals surface area contributed by atoms with Gasteiger partial charge in [-0.25, -0.2) is 19.0 Å². The van der Waals surface area contributed by atoms with Gasteiger partial charge in [0.1, 0.15) is 37.9 Å². The minimum Gasteiger partial charge on any atom is -0.487 e. The van der Waals surface area contributed by atoms with Gasteiger partial charge in [-0.2, -0.15) is 13.9 Å². The Labute approximate surface area is 217 Å². The van der Waals surface area contributed by atoms with Gasteiger partial charge in [0.25, 0.3) is 5.91 Å². The molecule has 0 saturated heterocycles. The molecule has 4 rings (SSSR count). The Bertz CT molecular complexity index is 1500. The fourth-order valence-corrected chi connectivity index (χ4v) is 4.37. The molecule has 2 aromatic carbocycles. The topological polar surface area (TPSA) is 81.9 Å². The first kappa shape index (κ1) is 26.5. The lowest BCUT2D eigenvalue weighted by molar-refractivity contribution is -0.144. The zero-order valence-corrected chi connectivity index (χ0v) is 21.6. The lowest BCUT2D eigenvalue weighted by Crippen LogP contribution is -2.50. The van der Waals surface area contributed by atoms with E-state index in [0.29, 0.717) is 29.6 Å². The highest BCUT2D eigenvalue weighted by Crippen LogP contribution is 2.35. The molecule has 0 bridgehead atoms. The van der Waals surface area contributed by atoms with E-state index in [4.69, 9.17) is 16.3 Å². The van der Waals surface area contributed by atoms with E-state index < -0.39 is 23.1 Å². The number of fused-ring (bicyclic) bond motifs is 1. The maximum Gasteiger partial charge on any atom is 0.321 e. The van der Waals surface area contributed by atoms with Gasteiger partial charge in [-0.15, -0.1) is 0 Å². The molecule has 0 spiro atoms. The summed E-state index contributed by atoms with van der Waals surface area (Å²) in [4.78, 5) is 21.0. The summed E-state index contributed by atoms with van der Waals surface area (Å²) in [6.45, 7) is 3.69. The molecule has 12 heteroatoms. The number of benzene rings is 2. The number of amides is 1. The van der Waals surface area contributed by atoms with Crippen LogP contribution in [0.25, 0.3) is 22.3 Å². The number of ether oxygens (including phenoxy) is 1. The van der Waals surface area contributed by atoms with Gasteiger partial charge < -0.3 is 10.1 Å². The summed E-state index contributed by atoms with van der Waals surface area (Å²) in [7, 11) is 3.28. The number of alkyl halides is 2. The SMILES string of the molecule is B[C@@](C)(NC(=O)C(C)(F)F)c1cc(F)cc(Cl)c1COc1cccc2c(-c3ncnn3C)cc(C)nc12. The van der Waals surface area contributed by atoms with Crippen molar-refractivity contribution in [3.05, 3.63) is 70.4 Å². The van der Waals surface area contributed by atoms with Crippen molar-refractivity contribution in [2.45, 2.75) is 38.7 Å². The van der Waals surface area contributed by atoms with Crippen LogP contribution in [0.5, 0.6) is 5.75 Å². The number of aryl methyl sites for hydroxylation is 2. The molecular formula is C25H24BClF3N5O2. The van der Waals surface area contributed by atoms with Crippen molar-refractivity contribution in [1.82, 2.24) is 25.1 Å². The molecule has 0 radical (unpaired) electrons. The summed E-state index contributed by atoms with van der Waals surface area (Å²) in [5, 5.41) is 7.23. The number of rotatable bonds is 7. The smallest absolute Gasteiger partial charge is 0.321 e. The van der Waals surface area contributed by atoms with E-state index in [1.807, 2.05) is 19.1 Å². The monoisotopic (exact) mass is 529 g/mol. The third-order valence-corrected chi connectivity index (χ3v) is 6.25. The molecule has 0 aliphatic rings. The van der Waals surface area contributed by atoms with Crippen LogP contribution in [0.4, 0.5) is 13.2 Å². The minimum absolute atomic E-state index is 0.0322. The second kappa shape index (κ2) is 9.70. The molecule has 2 heterocycles. The minimum atomic E-state index is -3.61. The molecule has 192 valence electrons. The highest BCUT2D eigenvalue weighted by Gasteiger charge is 2.37. The number of hydrogen-bond donors (Lipinski definition) is 1. The average molecular weight is 530 g/mol. The van der Waals surface area contributed by atoms with Gasteiger partial charge in [-0.3, -0.25) is 4.79 Å². The van der Waals surface area contributed by atoms with Crippen LogP contribution in [0.1, 0.15) is 30.7 Å². The first-order chi connectivity index (χ1) is 17.3. The zero-order chi connectivity index (χ0) is 27.1. The number of carbonyl (C=O) groups excluding carboxylic acids is 1. The standard InChI is InChI=1S/C25H24BClF3N5O2/c1-13-8-16(22-31-12-32-35(22)4)15-6-5-7-20(21(15)33-13)37-11-17-18(9-14(28)10-19(17)27)24(2,26)34-23(36)25(3,29)30/h5-10,12H,11,26H2,1-4H3,(H,34,36)/t24-/m0/s1. The highest BCUT2D eigenvalue weighted by molar-refractivity contribution is 6.31. The summed E-state index contributed by atoms with van der Waals surface area (Å²) < 4.78 is 49.3. The maximum atomic E-state index is 14.3. The summed E-state index contributed by atoms with van der Waals surface area (Å²) in [5.74, 6) is -4.70. The quantitative estimate of drug-likeness (QED) is 0.361. The Morgan fingerprint density at radius 2 is 1.97 bits per heavy atom. The lowest BCUT2D eigenvalue weighted by atomic mass is 9.72. The number of carbonyl (C=O) groups is 1. The van der Waals surface area contributed by atoms with E-state index in [0.717, 1.165) is 28.8 Å². The maximum absolute atomic E-state index is 14.3. The number of pyridine rings is 1. The second-order valence-electron chi connectivity index (χ2n) is 9.34. The van der Waals surface area contributed by atoms with Gasteiger partial charge in [0.2, 0.25) is 0 Å². The van der Waals surface area contributed by atoms with Crippen molar-refractivity contribution < 1.29 is 22.7 Å². The van der Waals surface area contributed by atoms with E-state index in [9.17, 15) is 18.0 Å². The predicted molar refractivity (Wildman–Crippen MR) is 137 cm³/mol. The Morgan fingerprint density at radius 1 is 1.24 bits per heavy atom. The van der Waals surface area contributed by atoms with E-state index in [1.165, 1.54) is 21.1 Å². The number of hydrogen-bond acceptors (Lipinski definition) is 5. The van der Waals surface area contributed by atoms with Crippen molar-refractivity contribution >= 4 is 36.3 Å². The molecule has 4 aromatic rings. The molecule has 7 nitrogen and oxygen atoms in total. The molecule has 0 saturated carbocycles. The van der Waals surface area contributed by atoms with Crippen LogP contribution >= 0.6 is 11.6 Å². The van der Waals surface area contributed by atoms with Gasteiger partial charge in [0, 0.05) is 41.6 Å². The number of halogens is 4. The molecule has 0 aliphatic heterocycles. The van der Waals surface area contributed by atoms with Gasteiger partial charge in [-0.1, -0.05) is 23.7 Å². The van der Waals surface area contributed by atoms with Crippen LogP contribution < -0.4 is 10.1 Å². The van der Waals surface area contributed by atoms with Crippen LogP contribution in [0, 0.1) is 12.7 Å². The Kier molecular flexibility index (Phi) is 6.94. The molecule has 1 amide bonds.